The van der Waals surface area contributed by atoms with Gasteiger partial charge in [-0.2, -0.15) is 0 Å². The van der Waals surface area contributed by atoms with Gasteiger partial charge < -0.3 is 15.4 Å². The first-order valence-electron chi connectivity index (χ1n) is 8.52. The van der Waals surface area contributed by atoms with E-state index in [1.807, 2.05) is 48.5 Å². The molecule has 0 aliphatic heterocycles. The van der Waals surface area contributed by atoms with Crippen LogP contribution < -0.4 is 26.6 Å². The summed E-state index contributed by atoms with van der Waals surface area (Å²) >= 11 is 0. The normalized spacial score (nSPS) is 10.1. The van der Waals surface area contributed by atoms with Crippen LogP contribution in [0.15, 0.2) is 72.8 Å². The van der Waals surface area contributed by atoms with Crippen LogP contribution in [0.25, 0.3) is 11.1 Å². The molecule has 3 amide bonds. The Morgan fingerprint density at radius 2 is 1.43 bits per heavy atom. The summed E-state index contributed by atoms with van der Waals surface area (Å²) in [7, 11) is 1.63. The number of carbonyl (C=O) groups excluding carboxylic acids is 2. The van der Waals surface area contributed by atoms with Crippen molar-refractivity contribution in [2.45, 2.75) is 0 Å². The Bertz CT molecular complexity index is 970. The largest absolute Gasteiger partial charge is 0.497 e. The average Bonchev–Trinajstić information content (AvgIpc) is 2.74. The third-order valence-corrected chi connectivity index (χ3v) is 4.08. The molecule has 0 radical (unpaired) electrons. The summed E-state index contributed by atoms with van der Waals surface area (Å²) in [5.74, 6) is 5.48. The molecule has 0 fully saturated rings. The van der Waals surface area contributed by atoms with Crippen LogP contribution in [0.1, 0.15) is 10.4 Å². The molecular weight excluding hydrogens is 356 g/mol. The highest BCUT2D eigenvalue weighted by atomic mass is 16.5. The molecule has 0 saturated heterocycles. The summed E-state index contributed by atoms with van der Waals surface area (Å²) in [6.45, 7) is 0. The Morgan fingerprint density at radius 3 is 2.00 bits per heavy atom. The summed E-state index contributed by atoms with van der Waals surface area (Å²) < 4.78 is 5.24. The number of carbonyl (C=O) groups is 2. The highest BCUT2D eigenvalue weighted by molar-refractivity contribution is 6.00. The van der Waals surface area contributed by atoms with Gasteiger partial charge in [0.15, 0.2) is 0 Å². The van der Waals surface area contributed by atoms with E-state index < -0.39 is 5.91 Å². The quantitative estimate of drug-likeness (QED) is 0.310. The Labute approximate surface area is 162 Å². The number of hydrazine groups is 1. The number of nitrogens with two attached hydrogens (primary N) is 1. The molecule has 0 saturated carbocycles. The molecule has 7 heteroatoms. The summed E-state index contributed by atoms with van der Waals surface area (Å²) in [6.07, 6.45) is 0. The van der Waals surface area contributed by atoms with Crippen LogP contribution in [0, 0.1) is 0 Å². The number of anilines is 2. The molecule has 28 heavy (non-hydrogen) atoms. The Morgan fingerprint density at radius 1 is 0.821 bits per heavy atom. The minimum Gasteiger partial charge on any atom is -0.497 e. The molecule has 3 aromatic rings. The number of rotatable bonds is 5. The molecule has 7 nitrogen and oxygen atoms in total. The highest BCUT2D eigenvalue weighted by Gasteiger charge is 2.06. The fourth-order valence-corrected chi connectivity index (χ4v) is 2.63. The maximum absolute atomic E-state index is 12.2. The van der Waals surface area contributed by atoms with Gasteiger partial charge >= 0.3 is 6.03 Å². The minimum absolute atomic E-state index is 0.384. The maximum atomic E-state index is 12.2. The number of hydrogen-bond acceptors (Lipinski definition) is 4. The molecule has 0 atom stereocenters. The van der Waals surface area contributed by atoms with Crippen molar-refractivity contribution in [2.75, 3.05) is 17.7 Å². The van der Waals surface area contributed by atoms with Crippen LogP contribution >= 0.6 is 0 Å². The molecule has 0 heterocycles. The van der Waals surface area contributed by atoms with Gasteiger partial charge in [0.2, 0.25) is 0 Å². The van der Waals surface area contributed by atoms with Crippen LogP contribution in [-0.2, 0) is 0 Å². The molecule has 0 aliphatic rings. The first-order valence-corrected chi connectivity index (χ1v) is 8.52. The van der Waals surface area contributed by atoms with Crippen molar-refractivity contribution in [3.63, 3.8) is 0 Å². The number of nitrogen functional groups attached to an aromatic ring is 1. The number of urea groups is 1. The Kier molecular flexibility index (Phi) is 5.88. The van der Waals surface area contributed by atoms with Crippen molar-refractivity contribution in [2.24, 2.45) is 5.84 Å². The van der Waals surface area contributed by atoms with E-state index in [9.17, 15) is 9.59 Å². The van der Waals surface area contributed by atoms with Crippen molar-refractivity contribution in [3.8, 4) is 16.9 Å². The molecule has 3 rings (SSSR count). The van der Waals surface area contributed by atoms with Gasteiger partial charge in [0.05, 0.1) is 7.11 Å². The fourth-order valence-electron chi connectivity index (χ4n) is 2.63. The lowest BCUT2D eigenvalue weighted by molar-refractivity contribution is 0.0953. The number of benzene rings is 3. The van der Waals surface area contributed by atoms with Crippen molar-refractivity contribution in [3.05, 3.63) is 78.4 Å². The lowest BCUT2D eigenvalue weighted by Crippen LogP contribution is -2.29. The second-order valence-corrected chi connectivity index (χ2v) is 5.94. The zero-order valence-corrected chi connectivity index (χ0v) is 15.2. The molecule has 0 aliphatic carbocycles. The molecule has 0 aromatic heterocycles. The van der Waals surface area contributed by atoms with Crippen LogP contribution in [0.3, 0.4) is 0 Å². The van der Waals surface area contributed by atoms with Crippen molar-refractivity contribution < 1.29 is 14.3 Å². The topological polar surface area (TPSA) is 105 Å². The van der Waals surface area contributed by atoms with Gasteiger partial charge in [-0.25, -0.2) is 10.6 Å². The second kappa shape index (κ2) is 8.70. The van der Waals surface area contributed by atoms with Crippen LogP contribution in [-0.4, -0.2) is 19.0 Å². The molecule has 3 aromatic carbocycles. The predicted molar refractivity (Wildman–Crippen MR) is 109 cm³/mol. The van der Waals surface area contributed by atoms with E-state index in [0.29, 0.717) is 16.9 Å². The van der Waals surface area contributed by atoms with E-state index in [1.54, 1.807) is 31.4 Å². The molecule has 0 spiro atoms. The lowest BCUT2D eigenvalue weighted by atomic mass is 10.1. The number of nitrogens with one attached hydrogen (secondary N) is 3. The van der Waals surface area contributed by atoms with Crippen molar-refractivity contribution in [1.29, 1.82) is 0 Å². The van der Waals surface area contributed by atoms with Gasteiger partial charge in [0.1, 0.15) is 5.75 Å². The van der Waals surface area contributed by atoms with E-state index in [0.717, 1.165) is 16.9 Å². The number of amides is 3. The van der Waals surface area contributed by atoms with Crippen LogP contribution in [0.5, 0.6) is 5.75 Å². The van der Waals surface area contributed by atoms with E-state index in [2.05, 4.69) is 16.1 Å². The lowest BCUT2D eigenvalue weighted by Gasteiger charge is -2.09. The van der Waals surface area contributed by atoms with E-state index in [4.69, 9.17) is 10.6 Å². The van der Waals surface area contributed by atoms with Gasteiger partial charge in [-0.3, -0.25) is 10.2 Å². The van der Waals surface area contributed by atoms with Crippen LogP contribution in [0.2, 0.25) is 0 Å². The third-order valence-electron chi connectivity index (χ3n) is 4.08. The van der Waals surface area contributed by atoms with Crippen LogP contribution in [0.4, 0.5) is 16.2 Å². The molecule has 5 N–H and O–H groups in total. The minimum atomic E-state index is -0.396. The van der Waals surface area contributed by atoms with Gasteiger partial charge in [0.25, 0.3) is 5.91 Å². The standard InChI is InChI=1S/C21H20N4O3/c1-28-19-4-2-3-16(13-19)14-5-9-17(10-6-14)23-21(27)24-18-11-7-15(8-12-18)20(26)25-22/h2-13H,22H2,1H3,(H,25,26)(H2,23,24,27). The number of methoxy groups -OCH3 is 1. The maximum Gasteiger partial charge on any atom is 0.323 e. The summed E-state index contributed by atoms with van der Waals surface area (Å²) in [4.78, 5) is 23.6. The van der Waals surface area contributed by atoms with E-state index in [-0.39, 0.29) is 6.03 Å². The zero-order valence-electron chi connectivity index (χ0n) is 15.2. The van der Waals surface area contributed by atoms with Crippen molar-refractivity contribution >= 4 is 23.3 Å². The number of hydrogen-bond donors (Lipinski definition) is 4. The average molecular weight is 376 g/mol. The molecule has 0 unspecified atom stereocenters. The zero-order chi connectivity index (χ0) is 19.9. The Balaban J connectivity index is 1.62. The highest BCUT2D eigenvalue weighted by Crippen LogP contribution is 2.25. The smallest absolute Gasteiger partial charge is 0.323 e. The first kappa shape index (κ1) is 18.9. The predicted octanol–water partition coefficient (Wildman–Crippen LogP) is 3.61. The van der Waals surface area contributed by atoms with Gasteiger partial charge in [-0.05, 0) is 59.7 Å². The molecule has 142 valence electrons. The Hall–Kier alpha value is -3.84. The number of ether oxygens (including phenoxy) is 1. The summed E-state index contributed by atoms with van der Waals surface area (Å²) in [5.41, 5.74) is 5.70. The van der Waals surface area contributed by atoms with Gasteiger partial charge in [-0.15, -0.1) is 0 Å². The SMILES string of the molecule is COc1cccc(-c2ccc(NC(=O)Nc3ccc(C(=O)NN)cc3)cc2)c1. The van der Waals surface area contributed by atoms with Gasteiger partial charge in [0, 0.05) is 16.9 Å². The van der Waals surface area contributed by atoms with Crippen molar-refractivity contribution in [1.82, 2.24) is 5.43 Å². The first-order chi connectivity index (χ1) is 13.6. The van der Waals surface area contributed by atoms with E-state index >= 15 is 0 Å². The summed E-state index contributed by atoms with van der Waals surface area (Å²) in [6, 6.07) is 21.2. The van der Waals surface area contributed by atoms with E-state index in [1.165, 1.54) is 0 Å². The fraction of sp³-hybridized carbons (Fsp3) is 0.0476. The monoisotopic (exact) mass is 376 g/mol. The second-order valence-electron chi connectivity index (χ2n) is 5.94. The molecular formula is C21H20N4O3. The summed E-state index contributed by atoms with van der Waals surface area (Å²) in [5, 5.41) is 5.47. The third kappa shape index (κ3) is 4.66. The van der Waals surface area contributed by atoms with Gasteiger partial charge in [-0.1, -0.05) is 24.3 Å². The molecule has 0 bridgehead atoms.